The van der Waals surface area contributed by atoms with E-state index in [-0.39, 0.29) is 22.9 Å². The highest BCUT2D eigenvalue weighted by Crippen LogP contribution is 2.63. The Kier molecular flexibility index (Phi) is 5.07. The van der Waals surface area contributed by atoms with Gasteiger partial charge >= 0.3 is 0 Å². The molecule has 0 bridgehead atoms. The van der Waals surface area contributed by atoms with Gasteiger partial charge in [-0.2, -0.15) is 0 Å². The predicted octanol–water partition coefficient (Wildman–Crippen LogP) is 6.09. The van der Waals surface area contributed by atoms with Crippen LogP contribution in [-0.4, -0.2) is 18.8 Å². The number of hydrogen-bond acceptors (Lipinski definition) is 3. The van der Waals surface area contributed by atoms with Crippen molar-refractivity contribution in [1.82, 2.24) is 0 Å². The van der Waals surface area contributed by atoms with Crippen LogP contribution in [0.3, 0.4) is 0 Å². The fourth-order valence-corrected chi connectivity index (χ4v) is 5.89. The van der Waals surface area contributed by atoms with Crippen LogP contribution >= 0.6 is 0 Å². The molecular weight excluding hydrogens is 324 g/mol. The molecule has 146 valence electrons. The van der Waals surface area contributed by atoms with Gasteiger partial charge < -0.3 is 14.6 Å². The van der Waals surface area contributed by atoms with Gasteiger partial charge in [-0.3, -0.25) is 0 Å². The lowest BCUT2D eigenvalue weighted by Gasteiger charge is -2.56. The first-order chi connectivity index (χ1) is 12.2. The molecule has 0 aliphatic heterocycles. The summed E-state index contributed by atoms with van der Waals surface area (Å²) < 4.78 is 11.9. The van der Waals surface area contributed by atoms with Crippen molar-refractivity contribution in [2.24, 2.45) is 11.3 Å². The molecule has 3 heteroatoms. The van der Waals surface area contributed by atoms with Gasteiger partial charge in [0.1, 0.15) is 0 Å². The van der Waals surface area contributed by atoms with Crippen LogP contribution in [-0.2, 0) is 10.2 Å². The van der Waals surface area contributed by atoms with Gasteiger partial charge in [-0.25, -0.2) is 0 Å². The van der Waals surface area contributed by atoms with Gasteiger partial charge in [0.25, 0.3) is 0 Å². The minimum Gasteiger partial charge on any atom is -0.504 e. The van der Waals surface area contributed by atoms with Crippen LogP contribution in [0.4, 0.5) is 0 Å². The van der Waals surface area contributed by atoms with E-state index in [4.69, 9.17) is 9.47 Å². The van der Waals surface area contributed by atoms with Crippen LogP contribution in [0.25, 0.3) is 0 Å². The second kappa shape index (κ2) is 6.74. The number of methoxy groups -OCH3 is 1. The zero-order chi connectivity index (χ0) is 19.3. The van der Waals surface area contributed by atoms with Crippen molar-refractivity contribution in [1.29, 1.82) is 0 Å². The molecule has 3 rings (SSSR count). The summed E-state index contributed by atoms with van der Waals surface area (Å²) in [5.74, 6) is 1.78. The Balaban J connectivity index is 2.29. The average Bonchev–Trinajstić information content (AvgIpc) is 2.55. The van der Waals surface area contributed by atoms with E-state index in [1.165, 1.54) is 18.4 Å². The Bertz CT molecular complexity index is 677. The summed E-state index contributed by atoms with van der Waals surface area (Å²) >= 11 is 0. The van der Waals surface area contributed by atoms with Crippen LogP contribution in [0.2, 0.25) is 0 Å². The Morgan fingerprint density at radius 3 is 2.50 bits per heavy atom. The van der Waals surface area contributed by atoms with Crippen LogP contribution < -0.4 is 4.74 Å². The van der Waals surface area contributed by atoms with Crippen LogP contribution in [0, 0.1) is 11.3 Å². The molecule has 3 atom stereocenters. The molecular formula is C23H36O3. The van der Waals surface area contributed by atoms with Crippen molar-refractivity contribution in [3.8, 4) is 11.5 Å². The van der Waals surface area contributed by atoms with Gasteiger partial charge in [0, 0.05) is 23.1 Å². The summed E-state index contributed by atoms with van der Waals surface area (Å²) in [5.41, 5.74) is 3.56. The Labute approximate surface area is 159 Å². The van der Waals surface area contributed by atoms with Crippen molar-refractivity contribution < 1.29 is 14.6 Å². The predicted molar refractivity (Wildman–Crippen MR) is 106 cm³/mol. The van der Waals surface area contributed by atoms with Crippen LogP contribution in [0.5, 0.6) is 11.5 Å². The largest absolute Gasteiger partial charge is 0.504 e. The maximum atomic E-state index is 11.3. The quantitative estimate of drug-likeness (QED) is 0.706. The number of rotatable bonds is 4. The van der Waals surface area contributed by atoms with E-state index in [1.807, 2.05) is 0 Å². The van der Waals surface area contributed by atoms with E-state index in [1.54, 1.807) is 7.11 Å². The lowest BCUT2D eigenvalue weighted by Crippen LogP contribution is -2.49. The van der Waals surface area contributed by atoms with Gasteiger partial charge in [-0.1, -0.05) is 41.0 Å². The summed E-state index contributed by atoms with van der Waals surface area (Å²) in [6, 6.07) is 2.25. The first kappa shape index (κ1) is 19.5. The molecule has 0 heterocycles. The molecule has 0 aromatic heterocycles. The number of fused-ring (bicyclic) bond motifs is 3. The van der Waals surface area contributed by atoms with Crippen LogP contribution in [0.1, 0.15) is 95.9 Å². The molecule has 0 saturated heterocycles. The molecule has 0 amide bonds. The molecule has 1 aromatic carbocycles. The van der Waals surface area contributed by atoms with E-state index in [0.29, 0.717) is 24.0 Å². The molecule has 0 spiro atoms. The Morgan fingerprint density at radius 1 is 1.23 bits per heavy atom. The number of aromatic hydroxyl groups is 1. The third-order valence-electron chi connectivity index (χ3n) is 7.11. The molecule has 2 aliphatic rings. The molecule has 3 nitrogen and oxygen atoms in total. The molecule has 1 fully saturated rings. The summed E-state index contributed by atoms with van der Waals surface area (Å²) in [6.07, 6.45) is 4.65. The van der Waals surface area contributed by atoms with Crippen LogP contribution in [0.15, 0.2) is 6.07 Å². The second-order valence-electron chi connectivity index (χ2n) is 9.46. The van der Waals surface area contributed by atoms with Gasteiger partial charge in [0.05, 0.1) is 13.2 Å². The molecule has 2 aliphatic carbocycles. The Morgan fingerprint density at radius 2 is 1.92 bits per heavy atom. The molecule has 1 saturated carbocycles. The molecule has 0 unspecified atom stereocenters. The highest BCUT2D eigenvalue weighted by Gasteiger charge is 2.53. The molecule has 1 aromatic rings. The van der Waals surface area contributed by atoms with Gasteiger partial charge in [0.2, 0.25) is 0 Å². The van der Waals surface area contributed by atoms with Gasteiger partial charge in [-0.15, -0.1) is 0 Å². The highest BCUT2D eigenvalue weighted by molar-refractivity contribution is 5.60. The van der Waals surface area contributed by atoms with E-state index >= 15 is 0 Å². The number of phenolic OH excluding ortho intramolecular Hbond substituents is 1. The number of benzene rings is 1. The summed E-state index contributed by atoms with van der Waals surface area (Å²) in [6.45, 7) is 14.2. The van der Waals surface area contributed by atoms with Gasteiger partial charge in [0.15, 0.2) is 11.5 Å². The molecule has 26 heavy (non-hydrogen) atoms. The Hall–Kier alpha value is -1.22. The normalized spacial score (nSPS) is 30.0. The van der Waals surface area contributed by atoms with E-state index in [2.05, 4.69) is 47.6 Å². The van der Waals surface area contributed by atoms with Crippen molar-refractivity contribution in [2.45, 2.75) is 84.7 Å². The monoisotopic (exact) mass is 360 g/mol. The summed E-state index contributed by atoms with van der Waals surface area (Å²) in [5, 5.41) is 11.3. The smallest absolute Gasteiger partial charge is 0.164 e. The maximum absolute atomic E-state index is 11.3. The highest BCUT2D eigenvalue weighted by atomic mass is 16.5. The number of phenols is 1. The second-order valence-corrected chi connectivity index (χ2v) is 9.46. The minimum absolute atomic E-state index is 0.0302. The van der Waals surface area contributed by atoms with Crippen molar-refractivity contribution in [3.05, 3.63) is 22.8 Å². The summed E-state index contributed by atoms with van der Waals surface area (Å²) in [4.78, 5) is 0. The molecule has 0 radical (unpaired) electrons. The van der Waals surface area contributed by atoms with Crippen molar-refractivity contribution >= 4 is 0 Å². The number of hydrogen-bond donors (Lipinski definition) is 1. The lowest BCUT2D eigenvalue weighted by molar-refractivity contribution is -0.0367. The first-order valence-electron chi connectivity index (χ1n) is 10.2. The zero-order valence-corrected chi connectivity index (χ0v) is 17.6. The zero-order valence-electron chi connectivity index (χ0n) is 17.6. The molecule has 1 N–H and O–H groups in total. The lowest BCUT2D eigenvalue weighted by atomic mass is 9.49. The minimum atomic E-state index is -0.0302. The van der Waals surface area contributed by atoms with E-state index < -0.39 is 0 Å². The third kappa shape index (κ3) is 2.83. The topological polar surface area (TPSA) is 38.7 Å². The van der Waals surface area contributed by atoms with E-state index in [0.717, 1.165) is 24.0 Å². The fraction of sp³-hybridized carbons (Fsp3) is 0.739. The third-order valence-corrected chi connectivity index (χ3v) is 7.11. The first-order valence-corrected chi connectivity index (χ1v) is 10.2. The van der Waals surface area contributed by atoms with Gasteiger partial charge in [-0.05, 0) is 55.1 Å². The van der Waals surface area contributed by atoms with Crippen molar-refractivity contribution in [2.75, 3.05) is 13.7 Å². The standard InChI is InChI=1S/C23H36O3/c1-8-26-17-13-18-22(4,5)10-9-11-23(18,6)19-16(17)12-15(14(2)3)21(25-7)20(19)24/h12,14,17-18,24H,8-11,13H2,1-7H3/t17-,18-,23-/m0/s1. The summed E-state index contributed by atoms with van der Waals surface area (Å²) in [7, 11) is 1.67. The number of ether oxygens (including phenoxy) is 2. The maximum Gasteiger partial charge on any atom is 0.164 e. The SMILES string of the molecule is CCO[C@H]1C[C@H]2C(C)(C)CCC[C@]2(C)c2c1cc(C(C)C)c(OC)c2O. The fourth-order valence-electron chi connectivity index (χ4n) is 5.89. The van der Waals surface area contributed by atoms with Crippen molar-refractivity contribution in [3.63, 3.8) is 0 Å². The van der Waals surface area contributed by atoms with E-state index in [9.17, 15) is 5.11 Å². The average molecular weight is 361 g/mol.